The fourth-order valence-corrected chi connectivity index (χ4v) is 3.69. The second-order valence-electron chi connectivity index (χ2n) is 6.52. The van der Waals surface area contributed by atoms with Gasteiger partial charge in [-0.05, 0) is 48.9 Å². The number of esters is 1. The predicted molar refractivity (Wildman–Crippen MR) is 88.4 cm³/mol. The number of aliphatic carboxylic acids is 1. The van der Waals surface area contributed by atoms with Crippen LogP contribution >= 0.6 is 0 Å². The van der Waals surface area contributed by atoms with Crippen LogP contribution < -0.4 is 10.4 Å². The molecule has 6 nitrogen and oxygen atoms in total. The van der Waals surface area contributed by atoms with Crippen LogP contribution in [0.4, 0.5) is 5.69 Å². The quantitative estimate of drug-likeness (QED) is 0.622. The van der Waals surface area contributed by atoms with Crippen LogP contribution in [0.5, 0.6) is 0 Å². The third-order valence-electron chi connectivity index (χ3n) is 4.86. The van der Waals surface area contributed by atoms with Gasteiger partial charge in [-0.25, -0.2) is 4.79 Å². The molecule has 0 aliphatic heterocycles. The van der Waals surface area contributed by atoms with Crippen molar-refractivity contribution in [3.63, 3.8) is 0 Å². The summed E-state index contributed by atoms with van der Waals surface area (Å²) in [6, 6.07) is 6.37. The Labute approximate surface area is 145 Å². The minimum Gasteiger partial charge on any atom is -0.550 e. The molecule has 1 amide bonds. The van der Waals surface area contributed by atoms with Gasteiger partial charge >= 0.3 is 5.97 Å². The van der Waals surface area contributed by atoms with Crippen LogP contribution in [-0.2, 0) is 14.3 Å². The van der Waals surface area contributed by atoms with Gasteiger partial charge in [0, 0.05) is 17.6 Å². The van der Waals surface area contributed by atoms with Crippen LogP contribution in [0.25, 0.3) is 0 Å². The number of rotatable bonds is 6. The molecule has 0 saturated heterocycles. The van der Waals surface area contributed by atoms with Crippen LogP contribution in [0.1, 0.15) is 30.1 Å². The van der Waals surface area contributed by atoms with Crippen LogP contribution in [0.3, 0.4) is 0 Å². The van der Waals surface area contributed by atoms with Gasteiger partial charge in [-0.3, -0.25) is 4.79 Å². The Kier molecular flexibility index (Phi) is 4.88. The minimum absolute atomic E-state index is 0.0591. The summed E-state index contributed by atoms with van der Waals surface area (Å²) < 4.78 is 5.05. The Morgan fingerprint density at radius 1 is 1.12 bits per heavy atom. The number of ether oxygens (including phenoxy) is 1. The molecular weight excluding hydrogens is 322 g/mol. The normalized spacial score (nSPS) is 26.4. The molecule has 0 aromatic heterocycles. The van der Waals surface area contributed by atoms with Crippen molar-refractivity contribution in [1.29, 1.82) is 0 Å². The number of anilines is 1. The molecule has 0 spiro atoms. The second kappa shape index (κ2) is 7.09. The monoisotopic (exact) mass is 342 g/mol. The smallest absolute Gasteiger partial charge is 0.338 e. The van der Waals surface area contributed by atoms with Crippen LogP contribution in [0.2, 0.25) is 0 Å². The predicted octanol–water partition coefficient (Wildman–Crippen LogP) is 1.38. The van der Waals surface area contributed by atoms with Crippen molar-refractivity contribution < 1.29 is 24.2 Å². The van der Waals surface area contributed by atoms with Crippen LogP contribution in [0, 0.1) is 23.7 Å². The van der Waals surface area contributed by atoms with Crippen molar-refractivity contribution in [3.8, 4) is 0 Å². The van der Waals surface area contributed by atoms with Crippen molar-refractivity contribution >= 4 is 23.5 Å². The average Bonchev–Trinajstić information content (AvgIpc) is 3.21. The summed E-state index contributed by atoms with van der Waals surface area (Å²) in [6.07, 6.45) is 5.21. The highest BCUT2D eigenvalue weighted by molar-refractivity contribution is 5.97. The van der Waals surface area contributed by atoms with E-state index in [9.17, 15) is 19.5 Å². The first kappa shape index (κ1) is 17.2. The summed E-state index contributed by atoms with van der Waals surface area (Å²) in [6.45, 7) is 2.27. The van der Waals surface area contributed by atoms with Gasteiger partial charge in [0.2, 0.25) is 5.91 Å². The molecule has 25 heavy (non-hydrogen) atoms. The van der Waals surface area contributed by atoms with Crippen molar-refractivity contribution in [2.45, 2.75) is 19.8 Å². The zero-order valence-corrected chi connectivity index (χ0v) is 13.9. The summed E-state index contributed by atoms with van der Waals surface area (Å²) in [4.78, 5) is 35.7. The SMILES string of the molecule is CCCOC(=O)c1ccc(NC(=O)[C@@H]2[C@@H](C(=O)[O-])[C@H]3C=C[C@@H]2C3)cc1. The zero-order chi connectivity index (χ0) is 18.0. The molecule has 1 aromatic carbocycles. The van der Waals surface area contributed by atoms with Gasteiger partial charge in [0.05, 0.1) is 18.1 Å². The third-order valence-corrected chi connectivity index (χ3v) is 4.86. The highest BCUT2D eigenvalue weighted by atomic mass is 16.5. The van der Waals surface area contributed by atoms with E-state index in [1.54, 1.807) is 24.3 Å². The molecule has 0 heterocycles. The lowest BCUT2D eigenvalue weighted by Gasteiger charge is -2.27. The number of fused-ring (bicyclic) bond motifs is 2. The van der Waals surface area contributed by atoms with E-state index in [-0.39, 0.29) is 17.7 Å². The lowest BCUT2D eigenvalue weighted by atomic mass is 9.82. The molecule has 6 heteroatoms. The Balaban J connectivity index is 1.66. The van der Waals surface area contributed by atoms with Crippen molar-refractivity contribution in [3.05, 3.63) is 42.0 Å². The number of hydrogen-bond acceptors (Lipinski definition) is 5. The Bertz CT molecular complexity index is 709. The number of nitrogens with one attached hydrogen (secondary N) is 1. The molecule has 2 bridgehead atoms. The van der Waals surface area contributed by atoms with E-state index < -0.39 is 23.8 Å². The van der Waals surface area contributed by atoms with Gasteiger partial charge in [-0.15, -0.1) is 0 Å². The van der Waals surface area contributed by atoms with Gasteiger partial charge in [-0.1, -0.05) is 19.1 Å². The van der Waals surface area contributed by atoms with E-state index in [0.717, 1.165) is 6.42 Å². The first-order valence-corrected chi connectivity index (χ1v) is 8.48. The van der Waals surface area contributed by atoms with E-state index in [1.165, 1.54) is 0 Å². The summed E-state index contributed by atoms with van der Waals surface area (Å²) >= 11 is 0. The number of benzene rings is 1. The lowest BCUT2D eigenvalue weighted by Crippen LogP contribution is -2.42. The summed E-state index contributed by atoms with van der Waals surface area (Å²) in [5, 5.41) is 14.1. The fourth-order valence-electron chi connectivity index (χ4n) is 3.69. The standard InChI is InChI=1S/C19H21NO5/c1-2-9-25-19(24)11-5-7-14(8-6-11)20-17(21)15-12-3-4-13(10-12)16(15)18(22)23/h3-8,12-13,15-16H,2,9-10H2,1H3,(H,20,21)(H,22,23)/p-1/t12-,13+,15+,16+/m1/s1. The Morgan fingerprint density at radius 3 is 2.36 bits per heavy atom. The fraction of sp³-hybridized carbons (Fsp3) is 0.421. The van der Waals surface area contributed by atoms with E-state index in [0.29, 0.717) is 24.3 Å². The van der Waals surface area contributed by atoms with Crippen LogP contribution in [-0.4, -0.2) is 24.5 Å². The number of carboxylic acid groups (broad SMARTS) is 1. The first-order chi connectivity index (χ1) is 12.0. The zero-order valence-electron chi connectivity index (χ0n) is 13.9. The highest BCUT2D eigenvalue weighted by Crippen LogP contribution is 2.48. The molecule has 0 unspecified atom stereocenters. The van der Waals surface area contributed by atoms with E-state index in [2.05, 4.69) is 5.32 Å². The lowest BCUT2D eigenvalue weighted by molar-refractivity contribution is -0.313. The van der Waals surface area contributed by atoms with Crippen molar-refractivity contribution in [2.75, 3.05) is 11.9 Å². The van der Waals surface area contributed by atoms with Gasteiger partial charge in [-0.2, -0.15) is 0 Å². The average molecular weight is 342 g/mol. The highest BCUT2D eigenvalue weighted by Gasteiger charge is 2.48. The maximum atomic E-state index is 12.6. The number of allylic oxidation sites excluding steroid dienone is 2. The Hall–Kier alpha value is -2.63. The Morgan fingerprint density at radius 2 is 1.76 bits per heavy atom. The maximum absolute atomic E-state index is 12.6. The summed E-state index contributed by atoms with van der Waals surface area (Å²) in [5.41, 5.74) is 0.919. The number of carbonyl (C=O) groups is 3. The van der Waals surface area contributed by atoms with E-state index >= 15 is 0 Å². The molecule has 0 radical (unpaired) electrons. The summed E-state index contributed by atoms with van der Waals surface area (Å²) in [5.74, 6) is -3.49. The largest absolute Gasteiger partial charge is 0.550 e. The number of carboxylic acids is 1. The van der Waals surface area contributed by atoms with Crippen molar-refractivity contribution in [1.82, 2.24) is 0 Å². The molecule has 132 valence electrons. The molecule has 1 N–H and O–H groups in total. The van der Waals surface area contributed by atoms with Crippen molar-refractivity contribution in [2.24, 2.45) is 23.7 Å². The maximum Gasteiger partial charge on any atom is 0.338 e. The third kappa shape index (κ3) is 3.43. The van der Waals surface area contributed by atoms with Gasteiger partial charge in [0.1, 0.15) is 0 Å². The molecular formula is C19H20NO5-. The molecule has 1 fully saturated rings. The number of hydrogen-bond donors (Lipinski definition) is 1. The van der Waals surface area contributed by atoms with E-state index in [1.807, 2.05) is 19.1 Å². The molecule has 1 saturated carbocycles. The molecule has 3 rings (SSSR count). The van der Waals surface area contributed by atoms with Gasteiger partial charge in [0.25, 0.3) is 0 Å². The summed E-state index contributed by atoms with van der Waals surface area (Å²) in [7, 11) is 0. The number of carbonyl (C=O) groups excluding carboxylic acids is 3. The second-order valence-corrected chi connectivity index (χ2v) is 6.52. The van der Waals surface area contributed by atoms with Gasteiger partial charge in [0.15, 0.2) is 0 Å². The first-order valence-electron chi connectivity index (χ1n) is 8.48. The minimum atomic E-state index is -1.17. The topological polar surface area (TPSA) is 95.5 Å². The molecule has 2 aliphatic carbocycles. The molecule has 4 atom stereocenters. The molecule has 1 aromatic rings. The molecule has 2 aliphatic rings. The number of amides is 1. The van der Waals surface area contributed by atoms with Crippen LogP contribution in [0.15, 0.2) is 36.4 Å². The van der Waals surface area contributed by atoms with Gasteiger partial charge < -0.3 is 20.0 Å². The van der Waals surface area contributed by atoms with E-state index in [4.69, 9.17) is 4.74 Å².